The van der Waals surface area contributed by atoms with Gasteiger partial charge in [-0.2, -0.15) is 5.10 Å². The van der Waals surface area contributed by atoms with Crippen LogP contribution in [0.2, 0.25) is 5.02 Å². The first-order valence-corrected chi connectivity index (χ1v) is 12.3. The number of hydrogen-bond donors (Lipinski definition) is 3. The van der Waals surface area contributed by atoms with Crippen molar-refractivity contribution in [1.29, 1.82) is 0 Å². The van der Waals surface area contributed by atoms with E-state index in [1.54, 1.807) is 68.8 Å². The van der Waals surface area contributed by atoms with E-state index >= 15 is 0 Å². The summed E-state index contributed by atoms with van der Waals surface area (Å²) in [5.41, 5.74) is 5.06. The van der Waals surface area contributed by atoms with Crippen molar-refractivity contribution < 1.29 is 28.6 Å². The number of nitrogens with one attached hydrogen (secondary N) is 3. The van der Waals surface area contributed by atoms with Gasteiger partial charge < -0.3 is 24.8 Å². The van der Waals surface area contributed by atoms with Crippen molar-refractivity contribution in [2.45, 2.75) is 13.3 Å². The number of anilines is 1. The number of rotatable bonds is 11. The van der Waals surface area contributed by atoms with Gasteiger partial charge in [0, 0.05) is 17.3 Å². The minimum Gasteiger partial charge on any atom is -0.493 e. The van der Waals surface area contributed by atoms with Crippen LogP contribution in [0, 0.1) is 6.92 Å². The van der Waals surface area contributed by atoms with Crippen LogP contribution in [0.1, 0.15) is 16.7 Å². The van der Waals surface area contributed by atoms with E-state index in [4.69, 9.17) is 25.8 Å². The first-order chi connectivity index (χ1) is 18.8. The van der Waals surface area contributed by atoms with Gasteiger partial charge >= 0.3 is 11.8 Å². The summed E-state index contributed by atoms with van der Waals surface area (Å²) in [6.45, 7) is 1.84. The fraction of sp³-hybridized carbons (Fsp3) is 0.214. The van der Waals surface area contributed by atoms with Gasteiger partial charge in [-0.25, -0.2) is 5.43 Å². The van der Waals surface area contributed by atoms with Crippen LogP contribution in [-0.4, -0.2) is 51.3 Å². The monoisotopic (exact) mass is 552 g/mol. The minimum atomic E-state index is -0.904. The molecule has 10 nitrogen and oxygen atoms in total. The van der Waals surface area contributed by atoms with E-state index in [0.717, 1.165) is 11.1 Å². The Labute approximate surface area is 231 Å². The van der Waals surface area contributed by atoms with Crippen molar-refractivity contribution in [3.63, 3.8) is 0 Å². The fourth-order valence-electron chi connectivity index (χ4n) is 3.42. The standard InChI is InChI=1S/C28H29ClN4O6/c1-18-22(29)8-5-9-23(18)32-26(34)17-39-21-7-4-6-20(14-21)16-31-33-28(36)27(35)30-13-12-19-10-11-24(37-2)25(15-19)38-3/h4-11,14-16H,12-13,17H2,1-3H3,(H,30,35)(H,32,34)(H,33,36)/b31-16-. The van der Waals surface area contributed by atoms with Gasteiger partial charge in [-0.1, -0.05) is 35.9 Å². The number of halogens is 1. The van der Waals surface area contributed by atoms with E-state index in [9.17, 15) is 14.4 Å². The average molecular weight is 553 g/mol. The van der Waals surface area contributed by atoms with Crippen LogP contribution in [-0.2, 0) is 20.8 Å². The summed E-state index contributed by atoms with van der Waals surface area (Å²) in [4.78, 5) is 36.4. The number of benzene rings is 3. The molecule has 0 spiro atoms. The molecule has 3 rings (SSSR count). The molecule has 3 N–H and O–H groups in total. The molecule has 0 radical (unpaired) electrons. The van der Waals surface area contributed by atoms with Crippen LogP contribution >= 0.6 is 11.6 Å². The maximum atomic E-state index is 12.3. The third kappa shape index (κ3) is 8.75. The Hall–Kier alpha value is -4.57. The lowest BCUT2D eigenvalue weighted by molar-refractivity contribution is -0.139. The molecule has 0 aliphatic heterocycles. The number of carbonyl (C=O) groups excluding carboxylic acids is 3. The molecule has 3 aromatic carbocycles. The average Bonchev–Trinajstić information content (AvgIpc) is 2.94. The molecule has 0 saturated carbocycles. The summed E-state index contributed by atoms with van der Waals surface area (Å²) < 4.78 is 16.0. The fourth-order valence-corrected chi connectivity index (χ4v) is 3.59. The second kappa shape index (κ2) is 14.4. The normalized spacial score (nSPS) is 10.6. The first-order valence-electron chi connectivity index (χ1n) is 11.9. The van der Waals surface area contributed by atoms with Gasteiger partial charge in [-0.05, 0) is 66.4 Å². The maximum Gasteiger partial charge on any atom is 0.329 e. The lowest BCUT2D eigenvalue weighted by Crippen LogP contribution is -2.38. The zero-order chi connectivity index (χ0) is 28.2. The summed E-state index contributed by atoms with van der Waals surface area (Å²) in [5, 5.41) is 9.67. The quantitative estimate of drug-likeness (QED) is 0.190. The Morgan fingerprint density at radius 2 is 1.72 bits per heavy atom. The maximum absolute atomic E-state index is 12.3. The molecule has 0 fully saturated rings. The SMILES string of the molecule is COc1ccc(CCNC(=O)C(=O)N/N=C\c2cccc(OCC(=O)Nc3cccc(Cl)c3C)c2)cc1OC. The molecule has 3 amide bonds. The highest BCUT2D eigenvalue weighted by Gasteiger charge is 2.12. The van der Waals surface area contributed by atoms with E-state index in [-0.39, 0.29) is 19.1 Å². The summed E-state index contributed by atoms with van der Waals surface area (Å²) in [6, 6.07) is 17.4. The second-order valence-electron chi connectivity index (χ2n) is 8.22. The number of nitrogens with zero attached hydrogens (tertiary/aromatic N) is 1. The van der Waals surface area contributed by atoms with Gasteiger partial charge in [0.15, 0.2) is 18.1 Å². The van der Waals surface area contributed by atoms with Gasteiger partial charge in [0.05, 0.1) is 20.4 Å². The van der Waals surface area contributed by atoms with Gasteiger partial charge in [0.1, 0.15) is 5.75 Å². The second-order valence-corrected chi connectivity index (χ2v) is 8.62. The zero-order valence-corrected chi connectivity index (χ0v) is 22.5. The van der Waals surface area contributed by atoms with Crippen molar-refractivity contribution in [2.75, 3.05) is 32.7 Å². The molecular formula is C28H29ClN4O6. The Bertz CT molecular complexity index is 1360. The molecular weight excluding hydrogens is 524 g/mol. The number of hydrazone groups is 1. The highest BCUT2D eigenvalue weighted by Crippen LogP contribution is 2.27. The molecule has 0 heterocycles. The predicted molar refractivity (Wildman–Crippen MR) is 149 cm³/mol. The minimum absolute atomic E-state index is 0.216. The Morgan fingerprint density at radius 1 is 0.949 bits per heavy atom. The van der Waals surface area contributed by atoms with E-state index in [0.29, 0.717) is 39.9 Å². The number of hydrogen-bond acceptors (Lipinski definition) is 7. The molecule has 0 bridgehead atoms. The molecule has 0 aliphatic carbocycles. The van der Waals surface area contributed by atoms with E-state index in [1.807, 2.05) is 13.0 Å². The zero-order valence-electron chi connectivity index (χ0n) is 21.7. The topological polar surface area (TPSA) is 127 Å². The van der Waals surface area contributed by atoms with Crippen LogP contribution in [0.4, 0.5) is 5.69 Å². The van der Waals surface area contributed by atoms with Crippen molar-refractivity contribution >= 4 is 41.2 Å². The molecule has 3 aromatic rings. The Morgan fingerprint density at radius 3 is 2.49 bits per heavy atom. The van der Waals surface area contributed by atoms with Crippen molar-refractivity contribution in [1.82, 2.24) is 10.7 Å². The molecule has 0 aliphatic rings. The highest BCUT2D eigenvalue weighted by molar-refractivity contribution is 6.35. The molecule has 0 atom stereocenters. The molecule has 11 heteroatoms. The van der Waals surface area contributed by atoms with E-state index in [1.165, 1.54) is 6.21 Å². The largest absolute Gasteiger partial charge is 0.493 e. The first kappa shape index (κ1) is 29.0. The van der Waals surface area contributed by atoms with E-state index in [2.05, 4.69) is 21.2 Å². The molecule has 0 saturated heterocycles. The van der Waals surface area contributed by atoms with Crippen LogP contribution in [0.3, 0.4) is 0 Å². The number of ether oxygens (including phenoxy) is 3. The Kier molecular flexibility index (Phi) is 10.7. The lowest BCUT2D eigenvalue weighted by Gasteiger charge is -2.10. The number of carbonyl (C=O) groups is 3. The third-order valence-electron chi connectivity index (χ3n) is 5.50. The van der Waals surface area contributed by atoms with Gasteiger partial charge in [0.25, 0.3) is 5.91 Å². The number of methoxy groups -OCH3 is 2. The van der Waals surface area contributed by atoms with Gasteiger partial charge in [-0.15, -0.1) is 0 Å². The van der Waals surface area contributed by atoms with Crippen LogP contribution < -0.4 is 30.3 Å². The van der Waals surface area contributed by atoms with Crippen LogP contribution in [0.15, 0.2) is 65.8 Å². The van der Waals surface area contributed by atoms with Crippen molar-refractivity contribution in [3.05, 3.63) is 82.4 Å². The summed E-state index contributed by atoms with van der Waals surface area (Å²) in [6.07, 6.45) is 1.85. The Balaban J connectivity index is 1.43. The van der Waals surface area contributed by atoms with Crippen molar-refractivity contribution in [3.8, 4) is 17.2 Å². The lowest BCUT2D eigenvalue weighted by atomic mass is 10.1. The molecule has 0 unspecified atom stereocenters. The van der Waals surface area contributed by atoms with Crippen molar-refractivity contribution in [2.24, 2.45) is 5.10 Å². The van der Waals surface area contributed by atoms with Gasteiger partial charge in [-0.3, -0.25) is 14.4 Å². The highest BCUT2D eigenvalue weighted by atomic mass is 35.5. The van der Waals surface area contributed by atoms with E-state index < -0.39 is 11.8 Å². The molecule has 0 aromatic heterocycles. The van der Waals surface area contributed by atoms with Gasteiger partial charge in [0.2, 0.25) is 0 Å². The smallest absolute Gasteiger partial charge is 0.329 e. The molecule has 39 heavy (non-hydrogen) atoms. The summed E-state index contributed by atoms with van der Waals surface area (Å²) in [5.74, 6) is -0.447. The predicted octanol–water partition coefficient (Wildman–Crippen LogP) is 3.49. The third-order valence-corrected chi connectivity index (χ3v) is 5.91. The van der Waals surface area contributed by atoms with Crippen LogP contribution in [0.25, 0.3) is 0 Å². The molecule has 204 valence electrons. The van der Waals surface area contributed by atoms with Crippen LogP contribution in [0.5, 0.6) is 17.2 Å². The summed E-state index contributed by atoms with van der Waals surface area (Å²) in [7, 11) is 3.09. The number of amides is 3. The summed E-state index contributed by atoms with van der Waals surface area (Å²) >= 11 is 6.08.